The summed E-state index contributed by atoms with van der Waals surface area (Å²) in [5.41, 5.74) is 5.80. The van der Waals surface area contributed by atoms with Crippen molar-refractivity contribution >= 4 is 94.1 Å². The van der Waals surface area contributed by atoms with E-state index in [1.165, 1.54) is 23.9 Å². The molecular weight excluding hydrogens is 962 g/mol. The van der Waals surface area contributed by atoms with E-state index in [0.717, 1.165) is 22.3 Å². The molecule has 4 aromatic carbocycles. The van der Waals surface area contributed by atoms with Gasteiger partial charge in [0.05, 0.1) is 58.4 Å². The zero-order chi connectivity index (χ0) is 47.2. The van der Waals surface area contributed by atoms with E-state index in [2.05, 4.69) is 0 Å². The number of piperidine rings is 2. The Balaban J connectivity index is 1.17. The molecule has 0 N–H and O–H groups in total. The maximum Gasteiger partial charge on any atom is 0.310 e. The van der Waals surface area contributed by atoms with Gasteiger partial charge in [-0.1, -0.05) is 70.3 Å². The lowest BCUT2D eigenvalue weighted by atomic mass is 9.95. The lowest BCUT2D eigenvalue weighted by Crippen LogP contribution is -2.42. The third-order valence-electron chi connectivity index (χ3n) is 12.1. The first-order chi connectivity index (χ1) is 32.4. The fraction of sp³-hybridized carbons (Fsp3) is 0.360. The lowest BCUT2D eigenvalue weighted by Gasteiger charge is -2.30. The number of carbonyl (C=O) groups is 4. The molecule has 4 aliphatic rings. The average Bonchev–Trinajstić information content (AvgIpc) is 3.35. The molecule has 4 heterocycles. The van der Waals surface area contributed by atoms with Crippen LogP contribution in [0.5, 0.6) is 11.5 Å². The molecular formula is C50H48Cl4N2O10S. The molecule has 2 atom stereocenters. The molecule has 0 aliphatic carbocycles. The minimum Gasteiger partial charge on any atom is -0.466 e. The van der Waals surface area contributed by atoms with Crippen molar-refractivity contribution in [3.8, 4) is 33.8 Å². The van der Waals surface area contributed by atoms with Gasteiger partial charge in [-0.05, 0) is 110 Å². The second-order valence-electron chi connectivity index (χ2n) is 16.4. The number of hydrogen-bond acceptors (Lipinski definition) is 11. The zero-order valence-corrected chi connectivity index (χ0v) is 40.7. The number of amides is 2. The molecule has 2 unspecified atom stereocenters. The Morgan fingerprint density at radius 3 is 1.49 bits per heavy atom. The third kappa shape index (κ3) is 11.1. The molecule has 4 aliphatic heterocycles. The summed E-state index contributed by atoms with van der Waals surface area (Å²) in [7, 11) is 0. The van der Waals surface area contributed by atoms with E-state index in [-0.39, 0.29) is 70.1 Å². The normalized spacial score (nSPS) is 18.2. The van der Waals surface area contributed by atoms with Gasteiger partial charge >= 0.3 is 11.9 Å². The predicted molar refractivity (Wildman–Crippen MR) is 258 cm³/mol. The summed E-state index contributed by atoms with van der Waals surface area (Å²) in [6.45, 7) is 6.34. The van der Waals surface area contributed by atoms with Gasteiger partial charge in [-0.2, -0.15) is 9.78 Å². The quantitative estimate of drug-likeness (QED) is 0.0764. The van der Waals surface area contributed by atoms with Crippen LogP contribution in [0.1, 0.15) is 61.8 Å². The highest BCUT2D eigenvalue weighted by Gasteiger charge is 2.31. The number of halogens is 4. The van der Waals surface area contributed by atoms with Crippen molar-refractivity contribution in [2.24, 2.45) is 11.8 Å². The standard InChI is InChI=1S/C50H48Cl4N2O10S/c1-3-61-49(59)33-7-5-19-55(27-33)43(57)15-11-35-37(29-9-13-39-31(23-29)17-21-63-65-39)25-41(47(53)45(35)51)67-42-26-38(30-10-14-40-32(24-30)18-22-64-66-40)36(46(52)48(42)54)12-16-44(58)56-20-6-8-34(28-56)50(60)62-4-2/h9-16,23-26,33-34H,3-8,17-22,27-28H2,1-2H3. The van der Waals surface area contributed by atoms with Crippen molar-refractivity contribution in [3.63, 3.8) is 0 Å². The number of fused-ring (bicyclic) bond motifs is 2. The molecule has 2 amide bonds. The summed E-state index contributed by atoms with van der Waals surface area (Å²) in [5, 5.41) is 0.835. The number of nitrogens with zero attached hydrogens (tertiary/aromatic N) is 2. The highest BCUT2D eigenvalue weighted by molar-refractivity contribution is 7.99. The first kappa shape index (κ1) is 48.7. The molecule has 0 saturated carbocycles. The molecule has 12 nitrogen and oxygen atoms in total. The monoisotopic (exact) mass is 1010 g/mol. The van der Waals surface area contributed by atoms with Gasteiger partial charge in [0.1, 0.15) is 0 Å². The summed E-state index contributed by atoms with van der Waals surface area (Å²) < 4.78 is 10.5. The van der Waals surface area contributed by atoms with E-state index in [9.17, 15) is 19.2 Å². The smallest absolute Gasteiger partial charge is 0.310 e. The summed E-state index contributed by atoms with van der Waals surface area (Å²) in [6.07, 6.45) is 10.1. The third-order valence-corrected chi connectivity index (χ3v) is 15.2. The molecule has 0 spiro atoms. The van der Waals surface area contributed by atoms with Gasteiger partial charge in [0.2, 0.25) is 11.8 Å². The molecule has 67 heavy (non-hydrogen) atoms. The van der Waals surface area contributed by atoms with E-state index in [0.29, 0.717) is 108 Å². The van der Waals surface area contributed by atoms with Crippen molar-refractivity contribution in [2.75, 3.05) is 52.6 Å². The Hall–Kier alpha value is -4.73. The number of esters is 2. The molecule has 2 fully saturated rings. The van der Waals surface area contributed by atoms with Crippen LogP contribution in [0.3, 0.4) is 0 Å². The van der Waals surface area contributed by atoms with Crippen LogP contribution in [-0.4, -0.2) is 86.2 Å². The summed E-state index contributed by atoms with van der Waals surface area (Å²) in [4.78, 5) is 78.2. The minimum absolute atomic E-state index is 0.200. The molecule has 352 valence electrons. The fourth-order valence-corrected chi connectivity index (χ4v) is 10.8. The summed E-state index contributed by atoms with van der Waals surface area (Å²) in [6, 6.07) is 15.2. The van der Waals surface area contributed by atoms with E-state index in [4.69, 9.17) is 75.4 Å². The van der Waals surface area contributed by atoms with Gasteiger partial charge in [-0.15, -0.1) is 0 Å². The van der Waals surface area contributed by atoms with Gasteiger partial charge in [0.25, 0.3) is 0 Å². The summed E-state index contributed by atoms with van der Waals surface area (Å²) >= 11 is 30.1. The van der Waals surface area contributed by atoms with Crippen LogP contribution >= 0.6 is 58.2 Å². The van der Waals surface area contributed by atoms with Gasteiger partial charge < -0.3 is 29.0 Å². The van der Waals surface area contributed by atoms with Crippen molar-refractivity contribution in [1.29, 1.82) is 0 Å². The van der Waals surface area contributed by atoms with E-state index < -0.39 is 11.8 Å². The zero-order valence-electron chi connectivity index (χ0n) is 36.9. The predicted octanol–water partition coefficient (Wildman–Crippen LogP) is 11.1. The second-order valence-corrected chi connectivity index (χ2v) is 19.0. The van der Waals surface area contributed by atoms with Crippen LogP contribution in [0.2, 0.25) is 20.1 Å². The maximum absolute atomic E-state index is 13.7. The van der Waals surface area contributed by atoms with Crippen LogP contribution in [0, 0.1) is 11.8 Å². The van der Waals surface area contributed by atoms with E-state index in [1.54, 1.807) is 35.8 Å². The molecule has 17 heteroatoms. The Labute approximate surface area is 413 Å². The van der Waals surface area contributed by atoms with Crippen LogP contribution in [-0.2, 0) is 51.3 Å². The SMILES string of the molecule is CCOC(=O)C1CCCN(C(=O)C=Cc2c(-c3ccc4c(c3)CCOO4)cc(Sc3cc(-c4ccc5c(c4)CCOO5)c(C=CC(=O)N4CCCC(C(=O)OCC)C4)c(Cl)c3Cl)c(Cl)c2Cl)C1. The Kier molecular flexibility index (Phi) is 16.1. The average molecular weight is 1010 g/mol. The second kappa shape index (κ2) is 22.1. The molecule has 0 aromatic heterocycles. The van der Waals surface area contributed by atoms with Crippen LogP contribution < -0.4 is 9.78 Å². The molecule has 8 rings (SSSR count). The number of benzene rings is 4. The number of rotatable bonds is 12. The summed E-state index contributed by atoms with van der Waals surface area (Å²) in [5.74, 6) is -0.756. The minimum atomic E-state index is -0.395. The highest BCUT2D eigenvalue weighted by atomic mass is 35.5. The number of likely N-dealkylation sites (tertiary alicyclic amines) is 2. The van der Waals surface area contributed by atoms with Crippen molar-refractivity contribution in [2.45, 2.75) is 62.2 Å². The Morgan fingerprint density at radius 2 is 1.07 bits per heavy atom. The topological polar surface area (TPSA) is 130 Å². The Morgan fingerprint density at radius 1 is 0.642 bits per heavy atom. The first-order valence-electron chi connectivity index (χ1n) is 22.3. The van der Waals surface area contributed by atoms with Crippen molar-refractivity contribution < 1.29 is 48.2 Å². The van der Waals surface area contributed by atoms with Gasteiger partial charge in [-0.3, -0.25) is 19.2 Å². The van der Waals surface area contributed by atoms with Crippen LogP contribution in [0.4, 0.5) is 0 Å². The molecule has 4 aromatic rings. The number of carbonyl (C=O) groups excluding carboxylic acids is 4. The van der Waals surface area contributed by atoms with Gasteiger partial charge in [-0.25, -0.2) is 0 Å². The number of ether oxygens (including phenoxy) is 2. The Bertz CT molecular complexity index is 2460. The van der Waals surface area contributed by atoms with Crippen LogP contribution in [0.15, 0.2) is 70.5 Å². The lowest BCUT2D eigenvalue weighted by molar-refractivity contribution is -0.215. The van der Waals surface area contributed by atoms with Crippen LogP contribution in [0.25, 0.3) is 34.4 Å². The van der Waals surface area contributed by atoms with Crippen molar-refractivity contribution in [3.05, 3.63) is 103 Å². The molecule has 0 radical (unpaired) electrons. The van der Waals surface area contributed by atoms with Crippen molar-refractivity contribution in [1.82, 2.24) is 9.80 Å². The fourth-order valence-electron chi connectivity index (χ4n) is 8.64. The molecule has 0 bridgehead atoms. The number of hydrogen-bond donors (Lipinski definition) is 0. The van der Waals surface area contributed by atoms with Gasteiger partial charge in [0.15, 0.2) is 11.5 Å². The first-order valence-corrected chi connectivity index (χ1v) is 24.6. The van der Waals surface area contributed by atoms with E-state index >= 15 is 0 Å². The molecule has 2 saturated heterocycles. The largest absolute Gasteiger partial charge is 0.466 e. The van der Waals surface area contributed by atoms with Gasteiger partial charge in [0, 0.05) is 83.2 Å². The van der Waals surface area contributed by atoms with E-state index in [1.807, 2.05) is 48.5 Å². The maximum atomic E-state index is 13.7. The highest BCUT2D eigenvalue weighted by Crippen LogP contribution is 2.49.